The number of nitrogens with one attached hydrogen (secondary N) is 1. The highest BCUT2D eigenvalue weighted by molar-refractivity contribution is 5.94. The van der Waals surface area contributed by atoms with Gasteiger partial charge in [-0.2, -0.15) is 0 Å². The summed E-state index contributed by atoms with van der Waals surface area (Å²) in [6.07, 6.45) is -4.92. The Morgan fingerprint density at radius 3 is 2.38 bits per heavy atom. The van der Waals surface area contributed by atoms with E-state index >= 15 is 0 Å². The molecule has 0 fully saturated rings. The lowest BCUT2D eigenvalue weighted by atomic mass is 10.1. The monoisotopic (exact) mass is 343 g/mol. The fourth-order valence-corrected chi connectivity index (χ4v) is 2.09. The van der Waals surface area contributed by atoms with Crippen molar-refractivity contribution in [1.29, 1.82) is 0 Å². The number of carbonyl (C=O) groups excluding carboxylic acids is 1. The summed E-state index contributed by atoms with van der Waals surface area (Å²) in [6.45, 7) is -0.696. The van der Waals surface area contributed by atoms with Gasteiger partial charge in [-0.1, -0.05) is 30.3 Å². The second-order valence-corrected chi connectivity index (χ2v) is 4.77. The Morgan fingerprint density at radius 2 is 1.75 bits per heavy atom. The van der Waals surface area contributed by atoms with Crippen molar-refractivity contribution < 1.29 is 32.2 Å². The third-order valence-corrected chi connectivity index (χ3v) is 3.13. The maximum Gasteiger partial charge on any atom is 0.573 e. The lowest BCUT2D eigenvalue weighted by Gasteiger charge is -2.20. The molecule has 8 heteroatoms. The molecule has 0 aromatic heterocycles. The van der Waals surface area contributed by atoms with Gasteiger partial charge in [0.05, 0.1) is 18.2 Å². The molecule has 2 aromatic rings. The maximum absolute atomic E-state index is 13.6. The van der Waals surface area contributed by atoms with Gasteiger partial charge in [0.2, 0.25) is 0 Å². The van der Waals surface area contributed by atoms with E-state index in [-0.39, 0.29) is 11.1 Å². The highest BCUT2D eigenvalue weighted by Crippen LogP contribution is 2.30. The number of halogens is 4. The number of hydrogen-bond donors (Lipinski definition) is 2. The van der Waals surface area contributed by atoms with E-state index in [1.807, 2.05) is 0 Å². The van der Waals surface area contributed by atoms with Crippen LogP contribution in [0, 0.1) is 5.82 Å². The van der Waals surface area contributed by atoms with Gasteiger partial charge in [-0.05, 0) is 18.2 Å². The molecule has 2 rings (SSSR count). The van der Waals surface area contributed by atoms with Crippen molar-refractivity contribution >= 4 is 5.91 Å². The average molecular weight is 343 g/mol. The smallest absolute Gasteiger partial charge is 0.405 e. The number of hydrogen-bond acceptors (Lipinski definition) is 3. The molecular weight excluding hydrogens is 330 g/mol. The minimum absolute atomic E-state index is 0.0815. The van der Waals surface area contributed by atoms with Gasteiger partial charge >= 0.3 is 6.36 Å². The van der Waals surface area contributed by atoms with E-state index in [9.17, 15) is 27.5 Å². The van der Waals surface area contributed by atoms with E-state index in [0.717, 1.165) is 12.1 Å². The van der Waals surface area contributed by atoms with Crippen LogP contribution in [0.25, 0.3) is 0 Å². The Morgan fingerprint density at radius 1 is 1.12 bits per heavy atom. The molecule has 0 saturated heterocycles. The third-order valence-electron chi connectivity index (χ3n) is 3.13. The molecule has 2 N–H and O–H groups in total. The minimum atomic E-state index is -4.92. The second-order valence-electron chi connectivity index (χ2n) is 4.77. The van der Waals surface area contributed by atoms with E-state index in [4.69, 9.17) is 0 Å². The molecule has 0 aliphatic carbocycles. The zero-order chi connectivity index (χ0) is 17.7. The molecule has 0 radical (unpaired) electrons. The Bertz CT molecular complexity index is 718. The fourth-order valence-electron chi connectivity index (χ4n) is 2.09. The normalized spacial score (nSPS) is 12.5. The second kappa shape index (κ2) is 7.31. The summed E-state index contributed by atoms with van der Waals surface area (Å²) in [6, 6.07) is 8.99. The van der Waals surface area contributed by atoms with Crippen LogP contribution < -0.4 is 10.1 Å². The molecule has 0 aliphatic rings. The maximum atomic E-state index is 13.6. The first-order chi connectivity index (χ1) is 11.3. The summed E-state index contributed by atoms with van der Waals surface area (Å²) < 4.78 is 54.8. The van der Waals surface area contributed by atoms with Gasteiger partial charge in [-0.15, -0.1) is 13.2 Å². The van der Waals surface area contributed by atoms with Gasteiger partial charge in [-0.25, -0.2) is 4.39 Å². The van der Waals surface area contributed by atoms with Gasteiger partial charge in [0.1, 0.15) is 11.6 Å². The highest BCUT2D eigenvalue weighted by Gasteiger charge is 2.33. The lowest BCUT2D eigenvalue weighted by molar-refractivity contribution is -0.275. The van der Waals surface area contributed by atoms with Crippen LogP contribution in [-0.2, 0) is 0 Å². The summed E-state index contributed by atoms with van der Waals surface area (Å²) in [5.74, 6) is -2.21. The van der Waals surface area contributed by atoms with Crippen LogP contribution >= 0.6 is 0 Å². The summed E-state index contributed by atoms with van der Waals surface area (Å²) in [5.41, 5.74) is -0.368. The zero-order valence-electron chi connectivity index (χ0n) is 12.2. The first kappa shape index (κ1) is 17.7. The van der Waals surface area contributed by atoms with Crippen molar-refractivity contribution in [2.24, 2.45) is 0 Å². The molecule has 1 amide bonds. The van der Waals surface area contributed by atoms with Crippen LogP contribution in [-0.4, -0.2) is 24.0 Å². The molecular formula is C16H13F4NO3. The molecule has 0 spiro atoms. The molecule has 1 atom stereocenters. The largest absolute Gasteiger partial charge is 0.573 e. The van der Waals surface area contributed by atoms with Crippen LogP contribution in [0.15, 0.2) is 48.5 Å². The number of alkyl halides is 3. The van der Waals surface area contributed by atoms with E-state index in [1.54, 1.807) is 0 Å². The standard InChI is InChI=1S/C16H13F4NO3/c17-12-7-3-1-5-10(12)15(23)21-13(9-22)11-6-2-4-8-14(11)24-16(18,19)20/h1-8,13,22H,9H2,(H,21,23)/t13-/m0/s1. The quantitative estimate of drug-likeness (QED) is 0.820. The fraction of sp³-hybridized carbons (Fsp3) is 0.188. The molecule has 2 aromatic carbocycles. The topological polar surface area (TPSA) is 58.6 Å². The highest BCUT2D eigenvalue weighted by atomic mass is 19.4. The van der Waals surface area contributed by atoms with Crippen LogP contribution in [0.5, 0.6) is 5.75 Å². The number of rotatable bonds is 5. The Labute approximate surface area is 134 Å². The molecule has 128 valence electrons. The number of para-hydroxylation sites is 1. The summed E-state index contributed by atoms with van der Waals surface area (Å²) in [4.78, 5) is 12.1. The SMILES string of the molecule is O=C(N[C@@H](CO)c1ccccc1OC(F)(F)F)c1ccccc1F. The van der Waals surface area contributed by atoms with Gasteiger partial charge < -0.3 is 15.2 Å². The summed E-state index contributed by atoms with van der Waals surface area (Å²) in [7, 11) is 0. The first-order valence-corrected chi connectivity index (χ1v) is 6.82. The molecule has 0 aliphatic heterocycles. The molecule has 0 saturated carbocycles. The molecule has 0 heterocycles. The van der Waals surface area contributed by atoms with Crippen LogP contribution in [0.3, 0.4) is 0 Å². The van der Waals surface area contributed by atoms with Crippen molar-refractivity contribution in [3.8, 4) is 5.75 Å². The summed E-state index contributed by atoms with van der Waals surface area (Å²) >= 11 is 0. The number of ether oxygens (including phenoxy) is 1. The lowest BCUT2D eigenvalue weighted by Crippen LogP contribution is -2.32. The van der Waals surface area contributed by atoms with Crippen LogP contribution in [0.4, 0.5) is 17.6 Å². The number of aliphatic hydroxyl groups is 1. The van der Waals surface area contributed by atoms with E-state index in [2.05, 4.69) is 10.1 Å². The molecule has 24 heavy (non-hydrogen) atoms. The zero-order valence-corrected chi connectivity index (χ0v) is 12.2. The number of carbonyl (C=O) groups is 1. The van der Waals surface area contributed by atoms with Crippen molar-refractivity contribution in [3.63, 3.8) is 0 Å². The van der Waals surface area contributed by atoms with E-state index in [0.29, 0.717) is 0 Å². The third kappa shape index (κ3) is 4.45. The first-order valence-electron chi connectivity index (χ1n) is 6.82. The predicted molar refractivity (Wildman–Crippen MR) is 76.8 cm³/mol. The number of aliphatic hydroxyl groups excluding tert-OH is 1. The van der Waals surface area contributed by atoms with E-state index < -0.39 is 36.5 Å². The van der Waals surface area contributed by atoms with Crippen molar-refractivity contribution in [3.05, 3.63) is 65.5 Å². The number of amides is 1. The Kier molecular flexibility index (Phi) is 5.40. The predicted octanol–water partition coefficient (Wildman–Crippen LogP) is 3.19. The van der Waals surface area contributed by atoms with Gasteiger partial charge in [0, 0.05) is 5.56 Å². The minimum Gasteiger partial charge on any atom is -0.405 e. The van der Waals surface area contributed by atoms with Gasteiger partial charge in [0.15, 0.2) is 0 Å². The summed E-state index contributed by atoms with van der Waals surface area (Å²) in [5, 5.41) is 11.7. The van der Waals surface area contributed by atoms with Gasteiger partial charge in [0.25, 0.3) is 5.91 Å². The van der Waals surface area contributed by atoms with E-state index in [1.165, 1.54) is 36.4 Å². The van der Waals surface area contributed by atoms with Crippen molar-refractivity contribution in [2.45, 2.75) is 12.4 Å². The molecule has 0 unspecified atom stereocenters. The number of benzene rings is 2. The van der Waals surface area contributed by atoms with Crippen molar-refractivity contribution in [2.75, 3.05) is 6.61 Å². The average Bonchev–Trinajstić information content (AvgIpc) is 2.52. The Balaban J connectivity index is 2.26. The molecule has 0 bridgehead atoms. The van der Waals surface area contributed by atoms with Crippen LogP contribution in [0.1, 0.15) is 22.0 Å². The van der Waals surface area contributed by atoms with Crippen molar-refractivity contribution in [1.82, 2.24) is 5.32 Å². The van der Waals surface area contributed by atoms with Gasteiger partial charge in [-0.3, -0.25) is 4.79 Å². The Hall–Kier alpha value is -2.61. The molecule has 4 nitrogen and oxygen atoms in total. The van der Waals surface area contributed by atoms with Crippen LogP contribution in [0.2, 0.25) is 0 Å².